The van der Waals surface area contributed by atoms with Crippen molar-refractivity contribution in [3.05, 3.63) is 70.6 Å². The fourth-order valence-electron chi connectivity index (χ4n) is 2.83. The third-order valence-electron chi connectivity index (χ3n) is 4.34. The second-order valence-electron chi connectivity index (χ2n) is 6.29. The van der Waals surface area contributed by atoms with Gasteiger partial charge in [-0.1, -0.05) is 30.3 Å². The maximum Gasteiger partial charge on any atom is 0.251 e. The molecule has 1 unspecified atom stereocenters. The van der Waals surface area contributed by atoms with E-state index in [1.54, 1.807) is 31.5 Å². The fourth-order valence-corrected chi connectivity index (χ4v) is 3.88. The first kappa shape index (κ1) is 19.9. The summed E-state index contributed by atoms with van der Waals surface area (Å²) in [7, 11) is 3.29. The van der Waals surface area contributed by atoms with Crippen LogP contribution in [0.5, 0.6) is 0 Å². The van der Waals surface area contributed by atoms with Gasteiger partial charge >= 0.3 is 0 Å². The van der Waals surface area contributed by atoms with Gasteiger partial charge in [-0.15, -0.1) is 11.3 Å². The molecule has 0 aliphatic rings. The van der Waals surface area contributed by atoms with Gasteiger partial charge < -0.3 is 21.1 Å². The van der Waals surface area contributed by atoms with Gasteiger partial charge in [-0.2, -0.15) is 0 Å². The van der Waals surface area contributed by atoms with Crippen molar-refractivity contribution < 1.29 is 9.90 Å². The molecule has 1 amide bonds. The molecule has 4 N–H and O–H groups in total. The number of aliphatic hydroxyl groups is 1. The second kappa shape index (κ2) is 9.34. The summed E-state index contributed by atoms with van der Waals surface area (Å²) in [6.07, 6.45) is -0.618. The number of carbonyl (C=O) groups excluding carboxylic acids is 1. The van der Waals surface area contributed by atoms with E-state index in [9.17, 15) is 9.90 Å². The number of benzene rings is 2. The van der Waals surface area contributed by atoms with Gasteiger partial charge in [-0.3, -0.25) is 9.79 Å². The minimum Gasteiger partial charge on any atom is -0.386 e. The second-order valence-corrected chi connectivity index (χ2v) is 7.40. The standard InChI is InChI=1S/C21H24N4O2S/c1-22-20(27)16-8-5-6-14(10-16)12-24-21(23-2)25-13-17(26)19-11-15-7-3-4-9-18(15)28-19/h3-11,17,26H,12-13H2,1-2H3,(H,22,27)(H2,23,24,25). The van der Waals surface area contributed by atoms with Gasteiger partial charge in [0.05, 0.1) is 0 Å². The van der Waals surface area contributed by atoms with Crippen LogP contribution in [0, 0.1) is 0 Å². The Labute approximate surface area is 168 Å². The molecule has 6 nitrogen and oxygen atoms in total. The first-order valence-electron chi connectivity index (χ1n) is 9.03. The summed E-state index contributed by atoms with van der Waals surface area (Å²) in [6.45, 7) is 0.869. The first-order valence-corrected chi connectivity index (χ1v) is 9.84. The van der Waals surface area contributed by atoms with Crippen molar-refractivity contribution in [2.45, 2.75) is 12.6 Å². The average molecular weight is 397 g/mol. The van der Waals surface area contributed by atoms with E-state index in [-0.39, 0.29) is 5.91 Å². The van der Waals surface area contributed by atoms with Crippen LogP contribution in [0.25, 0.3) is 10.1 Å². The van der Waals surface area contributed by atoms with Gasteiger partial charge in [0.2, 0.25) is 0 Å². The number of nitrogens with zero attached hydrogens (tertiary/aromatic N) is 1. The van der Waals surface area contributed by atoms with Gasteiger partial charge in [-0.05, 0) is 35.2 Å². The molecule has 1 atom stereocenters. The molecule has 0 aliphatic heterocycles. The van der Waals surface area contributed by atoms with Crippen molar-refractivity contribution in [3.63, 3.8) is 0 Å². The van der Waals surface area contributed by atoms with Gasteiger partial charge in [-0.25, -0.2) is 0 Å². The highest BCUT2D eigenvalue weighted by atomic mass is 32.1. The Kier molecular flexibility index (Phi) is 6.62. The molecule has 2 aromatic carbocycles. The Morgan fingerprint density at radius 2 is 1.96 bits per heavy atom. The number of guanidine groups is 1. The number of rotatable bonds is 6. The molecule has 0 saturated carbocycles. The summed E-state index contributed by atoms with van der Waals surface area (Å²) < 4.78 is 1.16. The van der Waals surface area contributed by atoms with Crippen molar-refractivity contribution in [2.24, 2.45) is 4.99 Å². The zero-order chi connectivity index (χ0) is 19.9. The lowest BCUT2D eigenvalue weighted by Gasteiger charge is -2.15. The van der Waals surface area contributed by atoms with Gasteiger partial charge in [0.1, 0.15) is 6.10 Å². The smallest absolute Gasteiger partial charge is 0.251 e. The number of hydrogen-bond acceptors (Lipinski definition) is 4. The van der Waals surface area contributed by atoms with Gasteiger partial charge in [0.15, 0.2) is 5.96 Å². The highest BCUT2D eigenvalue weighted by Crippen LogP contribution is 2.29. The van der Waals surface area contributed by atoms with Gasteiger partial charge in [0.25, 0.3) is 5.91 Å². The largest absolute Gasteiger partial charge is 0.386 e. The zero-order valence-electron chi connectivity index (χ0n) is 15.9. The predicted molar refractivity (Wildman–Crippen MR) is 115 cm³/mol. The van der Waals surface area contributed by atoms with E-state index < -0.39 is 6.10 Å². The number of amides is 1. The molecule has 0 bridgehead atoms. The van der Waals surface area contributed by atoms with E-state index in [2.05, 4.69) is 27.0 Å². The topological polar surface area (TPSA) is 85.8 Å². The third kappa shape index (κ3) is 4.88. The number of fused-ring (bicyclic) bond motifs is 1. The van der Waals surface area contributed by atoms with Crippen molar-refractivity contribution in [1.82, 2.24) is 16.0 Å². The molecule has 7 heteroatoms. The normalized spacial score (nSPS) is 12.6. The Morgan fingerprint density at radius 1 is 1.14 bits per heavy atom. The lowest BCUT2D eigenvalue weighted by atomic mass is 10.1. The molecule has 0 aliphatic carbocycles. The molecule has 0 saturated heterocycles. The Hall–Kier alpha value is -2.90. The maximum atomic E-state index is 11.7. The Bertz CT molecular complexity index is 950. The maximum absolute atomic E-state index is 11.7. The summed E-state index contributed by atoms with van der Waals surface area (Å²) in [5.74, 6) is 0.473. The number of hydrogen-bond donors (Lipinski definition) is 4. The molecule has 0 radical (unpaired) electrons. The van der Waals surface area contributed by atoms with Crippen LogP contribution in [0.15, 0.2) is 59.6 Å². The summed E-state index contributed by atoms with van der Waals surface area (Å²) in [4.78, 5) is 16.9. The van der Waals surface area contributed by atoms with Crippen molar-refractivity contribution >= 4 is 33.3 Å². The minimum absolute atomic E-state index is 0.115. The zero-order valence-corrected chi connectivity index (χ0v) is 16.7. The molecule has 3 rings (SSSR count). The molecule has 3 aromatic rings. The SMILES string of the molecule is CN=C(NCc1cccc(C(=O)NC)c1)NCC(O)c1cc2ccccc2s1. The predicted octanol–water partition coefficient (Wildman–Crippen LogP) is 2.66. The van der Waals surface area contributed by atoms with Gasteiger partial charge in [0, 0.05) is 42.3 Å². The number of nitrogens with one attached hydrogen (secondary N) is 3. The average Bonchev–Trinajstić information content (AvgIpc) is 3.17. The molecule has 0 fully saturated rings. The minimum atomic E-state index is -0.618. The van der Waals surface area contributed by atoms with E-state index >= 15 is 0 Å². The van der Waals surface area contributed by atoms with Crippen molar-refractivity contribution in [1.29, 1.82) is 0 Å². The van der Waals surface area contributed by atoms with E-state index in [0.717, 1.165) is 20.5 Å². The first-order chi connectivity index (χ1) is 13.6. The van der Waals surface area contributed by atoms with Crippen LogP contribution >= 0.6 is 11.3 Å². The number of thiophene rings is 1. The van der Waals surface area contributed by atoms with Crippen LogP contribution in [-0.4, -0.2) is 37.6 Å². The molecular formula is C21H24N4O2S. The van der Waals surface area contributed by atoms with E-state index in [1.807, 2.05) is 42.5 Å². The van der Waals surface area contributed by atoms with Crippen LogP contribution in [-0.2, 0) is 6.54 Å². The third-order valence-corrected chi connectivity index (χ3v) is 5.55. The summed E-state index contributed by atoms with van der Waals surface area (Å²) in [5, 5.41) is 20.6. The Morgan fingerprint density at radius 3 is 2.71 bits per heavy atom. The van der Waals surface area contributed by atoms with Crippen LogP contribution in [0.1, 0.15) is 26.9 Å². The lowest BCUT2D eigenvalue weighted by Crippen LogP contribution is -2.38. The quantitative estimate of drug-likeness (QED) is 0.381. The summed E-state index contributed by atoms with van der Waals surface area (Å²) >= 11 is 1.59. The monoisotopic (exact) mass is 396 g/mol. The molecule has 1 heterocycles. The number of carbonyl (C=O) groups is 1. The number of aliphatic hydroxyl groups excluding tert-OH is 1. The van der Waals surface area contributed by atoms with E-state index in [4.69, 9.17) is 0 Å². The van der Waals surface area contributed by atoms with Crippen molar-refractivity contribution in [3.8, 4) is 0 Å². The molecule has 1 aromatic heterocycles. The number of aliphatic imine (C=N–C) groups is 1. The highest BCUT2D eigenvalue weighted by Gasteiger charge is 2.12. The van der Waals surface area contributed by atoms with Crippen LogP contribution < -0.4 is 16.0 Å². The lowest BCUT2D eigenvalue weighted by molar-refractivity contribution is 0.0963. The highest BCUT2D eigenvalue weighted by molar-refractivity contribution is 7.19. The molecule has 0 spiro atoms. The van der Waals surface area contributed by atoms with E-state index in [1.165, 1.54) is 0 Å². The molecule has 146 valence electrons. The summed E-state index contributed by atoms with van der Waals surface area (Å²) in [6, 6.07) is 17.5. The van der Waals surface area contributed by atoms with Crippen LogP contribution in [0.4, 0.5) is 0 Å². The molecular weight excluding hydrogens is 372 g/mol. The van der Waals surface area contributed by atoms with Crippen LogP contribution in [0.3, 0.4) is 0 Å². The van der Waals surface area contributed by atoms with E-state index in [0.29, 0.717) is 24.6 Å². The van der Waals surface area contributed by atoms with Crippen LogP contribution in [0.2, 0.25) is 0 Å². The summed E-state index contributed by atoms with van der Waals surface area (Å²) in [5.41, 5.74) is 1.58. The molecule has 28 heavy (non-hydrogen) atoms. The Balaban J connectivity index is 1.55. The van der Waals surface area contributed by atoms with Crippen molar-refractivity contribution in [2.75, 3.05) is 20.6 Å². The fraction of sp³-hybridized carbons (Fsp3) is 0.238.